The maximum atomic E-state index is 11.7. The summed E-state index contributed by atoms with van der Waals surface area (Å²) in [5, 5.41) is 8.33. The Morgan fingerprint density at radius 3 is 3.00 bits per heavy atom. The summed E-state index contributed by atoms with van der Waals surface area (Å²) in [6, 6.07) is 0.0516. The van der Waals surface area contributed by atoms with Gasteiger partial charge in [0.25, 0.3) is 0 Å². The number of carbonyl (C=O) groups excluding carboxylic acids is 2. The summed E-state index contributed by atoms with van der Waals surface area (Å²) in [6.45, 7) is 7.05. The summed E-state index contributed by atoms with van der Waals surface area (Å²) in [5.41, 5.74) is 0. The molecule has 0 aromatic rings. The zero-order valence-electron chi connectivity index (χ0n) is 11.2. The molecule has 0 radical (unpaired) electrons. The summed E-state index contributed by atoms with van der Waals surface area (Å²) in [5.74, 6) is 0.399. The molecule has 0 aromatic carbocycles. The molecule has 3 N–H and O–H groups in total. The zero-order valence-corrected chi connectivity index (χ0v) is 11.2. The monoisotopic (exact) mass is 266 g/mol. The molecule has 2 aliphatic rings. The fourth-order valence-electron chi connectivity index (χ4n) is 2.84. The first-order valence-corrected chi connectivity index (χ1v) is 6.83. The Bertz CT molecular complexity index is 345. The smallest absolute Gasteiger partial charge is 0.321 e. The Morgan fingerprint density at radius 2 is 2.26 bits per heavy atom. The minimum absolute atomic E-state index is 0.250. The van der Waals surface area contributed by atoms with Crippen LogP contribution in [0.4, 0.5) is 4.79 Å². The molecular formula is C13H22N4O2. The van der Waals surface area contributed by atoms with Crippen molar-refractivity contribution in [2.45, 2.75) is 18.9 Å². The third kappa shape index (κ3) is 4.04. The highest BCUT2D eigenvalue weighted by Gasteiger charge is 2.34. The third-order valence-corrected chi connectivity index (χ3v) is 3.70. The van der Waals surface area contributed by atoms with Gasteiger partial charge in [0, 0.05) is 25.7 Å². The van der Waals surface area contributed by atoms with Crippen molar-refractivity contribution in [2.24, 2.45) is 5.92 Å². The van der Waals surface area contributed by atoms with Gasteiger partial charge in [0.2, 0.25) is 5.91 Å². The molecule has 2 saturated heterocycles. The highest BCUT2D eigenvalue weighted by molar-refractivity contribution is 5.95. The summed E-state index contributed by atoms with van der Waals surface area (Å²) < 4.78 is 0. The van der Waals surface area contributed by atoms with Gasteiger partial charge < -0.3 is 10.6 Å². The molecule has 0 saturated carbocycles. The van der Waals surface area contributed by atoms with Gasteiger partial charge in [-0.05, 0) is 25.3 Å². The highest BCUT2D eigenvalue weighted by Crippen LogP contribution is 2.24. The van der Waals surface area contributed by atoms with Crippen LogP contribution in [0.2, 0.25) is 0 Å². The van der Waals surface area contributed by atoms with Crippen molar-refractivity contribution >= 4 is 11.9 Å². The molecule has 19 heavy (non-hydrogen) atoms. The molecule has 0 bridgehead atoms. The maximum Gasteiger partial charge on any atom is 0.321 e. The van der Waals surface area contributed by atoms with Crippen LogP contribution in [-0.2, 0) is 4.79 Å². The molecule has 6 nitrogen and oxygen atoms in total. The van der Waals surface area contributed by atoms with Crippen molar-refractivity contribution < 1.29 is 9.59 Å². The van der Waals surface area contributed by atoms with Gasteiger partial charge in [0.05, 0.1) is 6.54 Å². The Hall–Kier alpha value is -1.40. The number of carbonyl (C=O) groups is 2. The number of imide groups is 1. The van der Waals surface area contributed by atoms with E-state index in [1.165, 1.54) is 12.8 Å². The topological polar surface area (TPSA) is 73.5 Å². The predicted molar refractivity (Wildman–Crippen MR) is 72.7 cm³/mol. The largest absolute Gasteiger partial charge is 0.334 e. The van der Waals surface area contributed by atoms with Crippen LogP contribution in [0.15, 0.2) is 12.7 Å². The first-order chi connectivity index (χ1) is 9.19. The highest BCUT2D eigenvalue weighted by atomic mass is 16.2. The van der Waals surface area contributed by atoms with Crippen molar-refractivity contribution in [3.63, 3.8) is 0 Å². The van der Waals surface area contributed by atoms with Gasteiger partial charge in [-0.15, -0.1) is 6.58 Å². The van der Waals surface area contributed by atoms with Crippen LogP contribution < -0.4 is 16.0 Å². The molecular weight excluding hydrogens is 244 g/mol. The SMILES string of the molecule is C=CCNC(=O)NC(=O)CN1CC2CCCNC2C1. The third-order valence-electron chi connectivity index (χ3n) is 3.70. The Kier molecular flexibility index (Phi) is 4.93. The lowest BCUT2D eigenvalue weighted by atomic mass is 9.94. The molecule has 0 aliphatic carbocycles. The lowest BCUT2D eigenvalue weighted by Gasteiger charge is -2.24. The van der Waals surface area contributed by atoms with Crippen LogP contribution >= 0.6 is 0 Å². The minimum Gasteiger partial charge on any atom is -0.334 e. The van der Waals surface area contributed by atoms with Crippen LogP contribution in [0.3, 0.4) is 0 Å². The lowest BCUT2D eigenvalue weighted by molar-refractivity contribution is -0.120. The van der Waals surface area contributed by atoms with E-state index in [9.17, 15) is 9.59 Å². The van der Waals surface area contributed by atoms with Crippen LogP contribution in [-0.4, -0.2) is 55.6 Å². The summed E-state index contributed by atoms with van der Waals surface area (Å²) in [7, 11) is 0. The van der Waals surface area contributed by atoms with Crippen molar-refractivity contribution in [2.75, 3.05) is 32.7 Å². The molecule has 6 heteroatoms. The zero-order chi connectivity index (χ0) is 13.7. The number of piperidine rings is 1. The second kappa shape index (κ2) is 6.68. The number of hydrogen-bond donors (Lipinski definition) is 3. The van der Waals surface area contributed by atoms with E-state index in [4.69, 9.17) is 0 Å². The molecule has 0 spiro atoms. The molecule has 2 fully saturated rings. The second-order valence-corrected chi connectivity index (χ2v) is 5.20. The second-order valence-electron chi connectivity index (χ2n) is 5.20. The van der Waals surface area contributed by atoms with E-state index in [1.54, 1.807) is 6.08 Å². The van der Waals surface area contributed by atoms with E-state index < -0.39 is 6.03 Å². The average Bonchev–Trinajstić information content (AvgIpc) is 2.78. The van der Waals surface area contributed by atoms with E-state index in [0.717, 1.165) is 19.6 Å². The van der Waals surface area contributed by atoms with Gasteiger partial charge in [-0.3, -0.25) is 15.0 Å². The number of nitrogens with zero attached hydrogens (tertiary/aromatic N) is 1. The first-order valence-electron chi connectivity index (χ1n) is 6.83. The van der Waals surface area contributed by atoms with Crippen molar-refractivity contribution in [3.05, 3.63) is 12.7 Å². The van der Waals surface area contributed by atoms with Crippen molar-refractivity contribution in [1.29, 1.82) is 0 Å². The molecule has 2 unspecified atom stereocenters. The van der Waals surface area contributed by atoms with Crippen LogP contribution in [0.25, 0.3) is 0 Å². The summed E-state index contributed by atoms with van der Waals surface area (Å²) >= 11 is 0. The van der Waals surface area contributed by atoms with E-state index in [2.05, 4.69) is 27.4 Å². The Labute approximate surface area is 113 Å². The number of likely N-dealkylation sites (tertiary alicyclic amines) is 1. The van der Waals surface area contributed by atoms with Gasteiger partial charge in [0.15, 0.2) is 0 Å². The van der Waals surface area contributed by atoms with Gasteiger partial charge in [-0.2, -0.15) is 0 Å². The normalized spacial score (nSPS) is 26.5. The number of amides is 3. The van der Waals surface area contributed by atoms with E-state index in [1.807, 2.05) is 0 Å². The van der Waals surface area contributed by atoms with Crippen LogP contribution in [0.1, 0.15) is 12.8 Å². The number of fused-ring (bicyclic) bond motifs is 1. The van der Waals surface area contributed by atoms with Gasteiger partial charge in [0.1, 0.15) is 0 Å². The molecule has 2 heterocycles. The summed E-state index contributed by atoms with van der Waals surface area (Å²) in [4.78, 5) is 25.1. The predicted octanol–water partition coefficient (Wildman–Crippen LogP) is -0.318. The molecule has 106 valence electrons. The summed E-state index contributed by atoms with van der Waals surface area (Å²) in [6.07, 6.45) is 4.02. The number of rotatable bonds is 4. The standard InChI is InChI=1S/C13H22N4O2/c1-2-5-15-13(19)16-12(18)9-17-7-10-4-3-6-14-11(10)8-17/h2,10-11,14H,1,3-9H2,(H2,15,16,18,19). The van der Waals surface area contributed by atoms with Crippen LogP contribution in [0.5, 0.6) is 0 Å². The molecule has 2 rings (SSSR count). The van der Waals surface area contributed by atoms with E-state index in [0.29, 0.717) is 18.5 Å². The Balaban J connectivity index is 1.71. The van der Waals surface area contributed by atoms with Gasteiger partial charge in [-0.1, -0.05) is 6.08 Å². The van der Waals surface area contributed by atoms with Crippen molar-refractivity contribution in [3.8, 4) is 0 Å². The average molecular weight is 266 g/mol. The molecule has 2 atom stereocenters. The fourth-order valence-corrected chi connectivity index (χ4v) is 2.84. The number of urea groups is 1. The van der Waals surface area contributed by atoms with Crippen molar-refractivity contribution in [1.82, 2.24) is 20.9 Å². The van der Waals surface area contributed by atoms with Gasteiger partial charge >= 0.3 is 6.03 Å². The fraction of sp³-hybridized carbons (Fsp3) is 0.692. The minimum atomic E-state index is -0.459. The Morgan fingerprint density at radius 1 is 1.42 bits per heavy atom. The maximum absolute atomic E-state index is 11.7. The molecule has 0 aromatic heterocycles. The van der Waals surface area contributed by atoms with E-state index >= 15 is 0 Å². The molecule has 2 aliphatic heterocycles. The van der Waals surface area contributed by atoms with Gasteiger partial charge in [-0.25, -0.2) is 4.79 Å². The van der Waals surface area contributed by atoms with Crippen LogP contribution in [0, 0.1) is 5.92 Å². The lowest BCUT2D eigenvalue weighted by Crippen LogP contribution is -2.44. The van der Waals surface area contributed by atoms with E-state index in [-0.39, 0.29) is 12.5 Å². The molecule has 3 amide bonds. The quantitative estimate of drug-likeness (QED) is 0.610. The first kappa shape index (κ1) is 14.0. The number of nitrogens with one attached hydrogen (secondary N) is 3. The number of hydrogen-bond acceptors (Lipinski definition) is 4.